The van der Waals surface area contributed by atoms with E-state index in [-0.39, 0.29) is 5.97 Å². The molecule has 3 nitrogen and oxygen atoms in total. The topological polar surface area (TPSA) is 52.3 Å². The molecular formula is C14H21NO2S. The predicted molar refractivity (Wildman–Crippen MR) is 73.5 cm³/mol. The van der Waals surface area contributed by atoms with Crippen LogP contribution < -0.4 is 5.73 Å². The summed E-state index contributed by atoms with van der Waals surface area (Å²) in [5.74, 6) is 0.464. The zero-order valence-corrected chi connectivity index (χ0v) is 11.7. The van der Waals surface area contributed by atoms with Gasteiger partial charge in [0, 0.05) is 11.3 Å². The van der Waals surface area contributed by atoms with Crippen LogP contribution in [-0.4, -0.2) is 18.1 Å². The molecule has 0 bridgehead atoms. The number of hydrogen-bond donors (Lipinski definition) is 1. The number of ether oxygens (including phenoxy) is 1. The van der Waals surface area contributed by atoms with Crippen molar-refractivity contribution >= 4 is 17.3 Å². The summed E-state index contributed by atoms with van der Waals surface area (Å²) >= 11 is 1.69. The monoisotopic (exact) mass is 267 g/mol. The van der Waals surface area contributed by atoms with E-state index in [9.17, 15) is 4.79 Å². The molecule has 1 aromatic rings. The van der Waals surface area contributed by atoms with Crippen molar-refractivity contribution in [2.75, 3.05) is 6.61 Å². The highest BCUT2D eigenvalue weighted by atomic mass is 32.1. The summed E-state index contributed by atoms with van der Waals surface area (Å²) in [7, 11) is 0. The van der Waals surface area contributed by atoms with Crippen LogP contribution in [0, 0.1) is 5.92 Å². The van der Waals surface area contributed by atoms with Crippen LogP contribution in [0.1, 0.15) is 37.5 Å². The SMILES string of the molecule is CC1CCC(N)(C(=O)OCCc2cccs2)CC1. The number of hydrogen-bond acceptors (Lipinski definition) is 4. The van der Waals surface area contributed by atoms with Crippen molar-refractivity contribution in [3.05, 3.63) is 22.4 Å². The number of carbonyl (C=O) groups excluding carboxylic acids is 1. The number of esters is 1. The third kappa shape index (κ3) is 3.33. The highest BCUT2D eigenvalue weighted by Gasteiger charge is 2.38. The molecule has 2 rings (SSSR count). The fourth-order valence-corrected chi connectivity index (χ4v) is 3.01. The zero-order chi connectivity index (χ0) is 13.0. The largest absolute Gasteiger partial charge is 0.464 e. The Bertz CT molecular complexity index is 381. The summed E-state index contributed by atoms with van der Waals surface area (Å²) in [6.45, 7) is 2.65. The smallest absolute Gasteiger partial charge is 0.326 e. The standard InChI is InChI=1S/C14H21NO2S/c1-11-4-7-14(15,8-5-11)13(16)17-9-6-12-3-2-10-18-12/h2-3,10-11H,4-9,15H2,1H3. The molecule has 18 heavy (non-hydrogen) atoms. The van der Waals surface area contributed by atoms with E-state index in [4.69, 9.17) is 10.5 Å². The lowest BCUT2D eigenvalue weighted by Crippen LogP contribution is -2.51. The molecule has 0 unspecified atom stereocenters. The van der Waals surface area contributed by atoms with Crippen LogP contribution in [0.15, 0.2) is 17.5 Å². The molecule has 0 saturated heterocycles. The molecule has 1 aliphatic rings. The van der Waals surface area contributed by atoms with Gasteiger partial charge in [-0.2, -0.15) is 0 Å². The molecule has 1 aromatic heterocycles. The van der Waals surface area contributed by atoms with Crippen LogP contribution in [0.4, 0.5) is 0 Å². The Labute approximate surface area is 112 Å². The van der Waals surface area contributed by atoms with E-state index in [1.807, 2.05) is 11.4 Å². The molecule has 0 aliphatic heterocycles. The van der Waals surface area contributed by atoms with Gasteiger partial charge in [-0.25, -0.2) is 0 Å². The van der Waals surface area contributed by atoms with E-state index in [0.29, 0.717) is 12.5 Å². The van der Waals surface area contributed by atoms with E-state index in [0.717, 1.165) is 32.1 Å². The van der Waals surface area contributed by atoms with Crippen molar-refractivity contribution in [2.45, 2.75) is 44.6 Å². The quantitative estimate of drug-likeness (QED) is 0.853. The average Bonchev–Trinajstić information content (AvgIpc) is 2.86. The first-order valence-corrected chi connectivity index (χ1v) is 7.46. The Morgan fingerprint density at radius 2 is 2.28 bits per heavy atom. The minimum absolute atomic E-state index is 0.217. The van der Waals surface area contributed by atoms with Crippen LogP contribution >= 0.6 is 11.3 Å². The molecule has 2 N–H and O–H groups in total. The van der Waals surface area contributed by atoms with E-state index < -0.39 is 5.54 Å². The molecular weight excluding hydrogens is 246 g/mol. The molecule has 0 atom stereocenters. The van der Waals surface area contributed by atoms with E-state index >= 15 is 0 Å². The van der Waals surface area contributed by atoms with Crippen LogP contribution in [0.25, 0.3) is 0 Å². The van der Waals surface area contributed by atoms with Crippen molar-refractivity contribution in [2.24, 2.45) is 11.7 Å². The molecule has 1 aliphatic carbocycles. The first kappa shape index (κ1) is 13.6. The van der Waals surface area contributed by atoms with Crippen molar-refractivity contribution < 1.29 is 9.53 Å². The zero-order valence-electron chi connectivity index (χ0n) is 10.9. The Balaban J connectivity index is 1.77. The summed E-state index contributed by atoms with van der Waals surface area (Å²) in [5, 5.41) is 2.03. The molecule has 100 valence electrons. The van der Waals surface area contributed by atoms with Crippen molar-refractivity contribution in [1.29, 1.82) is 0 Å². The Hall–Kier alpha value is -0.870. The number of thiophene rings is 1. The lowest BCUT2D eigenvalue weighted by molar-refractivity contribution is -0.151. The highest BCUT2D eigenvalue weighted by Crippen LogP contribution is 2.30. The van der Waals surface area contributed by atoms with Crippen LogP contribution in [0.2, 0.25) is 0 Å². The molecule has 0 radical (unpaired) electrons. The second kappa shape index (κ2) is 5.85. The second-order valence-corrected chi connectivity index (χ2v) is 6.34. The first-order chi connectivity index (χ1) is 8.60. The summed E-state index contributed by atoms with van der Waals surface area (Å²) in [6, 6.07) is 4.06. The van der Waals surface area contributed by atoms with Crippen molar-refractivity contribution in [3.8, 4) is 0 Å². The molecule has 0 aromatic carbocycles. The number of carbonyl (C=O) groups is 1. The summed E-state index contributed by atoms with van der Waals surface area (Å²) < 4.78 is 5.34. The van der Waals surface area contributed by atoms with Crippen molar-refractivity contribution in [1.82, 2.24) is 0 Å². The van der Waals surface area contributed by atoms with E-state index in [1.165, 1.54) is 4.88 Å². The van der Waals surface area contributed by atoms with Gasteiger partial charge in [0.25, 0.3) is 0 Å². The van der Waals surface area contributed by atoms with Gasteiger partial charge < -0.3 is 10.5 Å². The molecule has 4 heteroatoms. The van der Waals surface area contributed by atoms with Crippen LogP contribution in [0.3, 0.4) is 0 Å². The van der Waals surface area contributed by atoms with Gasteiger partial charge in [-0.15, -0.1) is 11.3 Å². The van der Waals surface area contributed by atoms with Gasteiger partial charge in [-0.3, -0.25) is 4.79 Å². The van der Waals surface area contributed by atoms with E-state index in [1.54, 1.807) is 11.3 Å². The lowest BCUT2D eigenvalue weighted by atomic mass is 9.78. The fourth-order valence-electron chi connectivity index (χ4n) is 2.32. The van der Waals surface area contributed by atoms with Gasteiger partial charge >= 0.3 is 5.97 Å². The summed E-state index contributed by atoms with van der Waals surface area (Å²) in [6.07, 6.45) is 4.35. The van der Waals surface area contributed by atoms with Gasteiger partial charge in [-0.05, 0) is 43.0 Å². The second-order valence-electron chi connectivity index (χ2n) is 5.30. The average molecular weight is 267 g/mol. The highest BCUT2D eigenvalue weighted by molar-refractivity contribution is 7.09. The van der Waals surface area contributed by atoms with Gasteiger partial charge in [0.15, 0.2) is 0 Å². The van der Waals surface area contributed by atoms with E-state index in [2.05, 4.69) is 13.0 Å². The van der Waals surface area contributed by atoms with Gasteiger partial charge in [-0.1, -0.05) is 13.0 Å². The fraction of sp³-hybridized carbons (Fsp3) is 0.643. The Morgan fingerprint density at radius 1 is 1.56 bits per heavy atom. The van der Waals surface area contributed by atoms with Gasteiger partial charge in [0.1, 0.15) is 5.54 Å². The first-order valence-electron chi connectivity index (χ1n) is 6.59. The molecule has 1 saturated carbocycles. The van der Waals surface area contributed by atoms with Crippen molar-refractivity contribution in [3.63, 3.8) is 0 Å². The lowest BCUT2D eigenvalue weighted by Gasteiger charge is -2.33. The Morgan fingerprint density at radius 3 is 2.89 bits per heavy atom. The minimum atomic E-state index is -0.734. The normalized spacial score (nSPS) is 28.0. The maximum absolute atomic E-state index is 12.0. The maximum Gasteiger partial charge on any atom is 0.326 e. The van der Waals surface area contributed by atoms with Gasteiger partial charge in [0.2, 0.25) is 0 Å². The molecule has 1 heterocycles. The molecule has 0 spiro atoms. The van der Waals surface area contributed by atoms with Crippen LogP contribution in [-0.2, 0) is 16.0 Å². The maximum atomic E-state index is 12.0. The third-order valence-electron chi connectivity index (χ3n) is 3.73. The third-order valence-corrected chi connectivity index (χ3v) is 4.67. The van der Waals surface area contributed by atoms with Crippen LogP contribution in [0.5, 0.6) is 0 Å². The number of nitrogens with two attached hydrogens (primary N) is 1. The number of rotatable bonds is 4. The minimum Gasteiger partial charge on any atom is -0.464 e. The predicted octanol–water partition coefficient (Wildman–Crippen LogP) is 2.74. The van der Waals surface area contributed by atoms with Gasteiger partial charge in [0.05, 0.1) is 6.61 Å². The molecule has 0 amide bonds. The Kier molecular flexibility index (Phi) is 4.40. The summed E-state index contributed by atoms with van der Waals surface area (Å²) in [5.41, 5.74) is 5.42. The summed E-state index contributed by atoms with van der Waals surface area (Å²) in [4.78, 5) is 13.3. The molecule has 1 fully saturated rings.